The molecule has 70 valence electrons. The molecule has 2 rings (SSSR count). The third-order valence-electron chi connectivity index (χ3n) is 2.11. The summed E-state index contributed by atoms with van der Waals surface area (Å²) in [5.41, 5.74) is 0.608. The zero-order valence-electron chi connectivity index (χ0n) is 6.76. The summed E-state index contributed by atoms with van der Waals surface area (Å²) < 4.78 is 18.8. The van der Waals surface area contributed by atoms with Gasteiger partial charge in [-0.1, -0.05) is 15.9 Å². The Labute approximate surface area is 89.8 Å². The molecule has 1 heterocycles. The first-order valence-electron chi connectivity index (χ1n) is 3.87. The van der Waals surface area contributed by atoms with Crippen molar-refractivity contribution in [2.75, 3.05) is 13.2 Å². The van der Waals surface area contributed by atoms with Gasteiger partial charge in [-0.3, -0.25) is 0 Å². The number of benzene rings is 1. The summed E-state index contributed by atoms with van der Waals surface area (Å²) in [6.07, 6.45) is 0. The van der Waals surface area contributed by atoms with E-state index in [1.165, 1.54) is 6.07 Å². The van der Waals surface area contributed by atoms with Crippen LogP contribution in [-0.2, 0) is 9.48 Å². The molecule has 4 heteroatoms. The SMILES string of the molecule is Fc1ccc(Br)cc1C1(S)COC1. The fourth-order valence-corrected chi connectivity index (χ4v) is 2.02. The van der Waals surface area contributed by atoms with Crippen LogP contribution in [0.2, 0.25) is 0 Å². The van der Waals surface area contributed by atoms with Crippen molar-refractivity contribution < 1.29 is 9.13 Å². The monoisotopic (exact) mass is 262 g/mol. The second-order valence-corrected chi connectivity index (χ2v) is 4.92. The number of thiol groups is 1. The maximum absolute atomic E-state index is 13.4. The molecule has 0 spiro atoms. The Kier molecular flexibility index (Phi) is 2.38. The molecule has 0 atom stereocenters. The minimum atomic E-state index is -0.437. The van der Waals surface area contributed by atoms with Gasteiger partial charge in [0.2, 0.25) is 0 Å². The number of hydrogen-bond donors (Lipinski definition) is 1. The van der Waals surface area contributed by atoms with Crippen LogP contribution < -0.4 is 0 Å². The van der Waals surface area contributed by atoms with Gasteiger partial charge in [-0.2, -0.15) is 12.6 Å². The molecule has 1 aliphatic rings. The Hall–Kier alpha value is -0.0600. The van der Waals surface area contributed by atoms with E-state index in [9.17, 15) is 4.39 Å². The fraction of sp³-hybridized carbons (Fsp3) is 0.333. The molecule has 0 amide bonds. The van der Waals surface area contributed by atoms with Crippen molar-refractivity contribution in [2.24, 2.45) is 0 Å². The van der Waals surface area contributed by atoms with Gasteiger partial charge in [-0.15, -0.1) is 0 Å². The van der Waals surface area contributed by atoms with E-state index in [1.807, 2.05) is 0 Å². The second-order valence-electron chi connectivity index (χ2n) is 3.15. The summed E-state index contributed by atoms with van der Waals surface area (Å²) in [6, 6.07) is 4.87. The largest absolute Gasteiger partial charge is 0.378 e. The molecular formula is C9H8BrFOS. The van der Waals surface area contributed by atoms with Crippen LogP contribution in [0.4, 0.5) is 4.39 Å². The molecule has 1 aromatic rings. The van der Waals surface area contributed by atoms with E-state index < -0.39 is 4.75 Å². The van der Waals surface area contributed by atoms with E-state index in [1.54, 1.807) is 12.1 Å². The summed E-state index contributed by atoms with van der Waals surface area (Å²) >= 11 is 7.69. The number of halogens is 2. The molecule has 0 aliphatic carbocycles. The molecule has 0 radical (unpaired) electrons. The van der Waals surface area contributed by atoms with Crippen molar-refractivity contribution >= 4 is 28.6 Å². The molecule has 0 unspecified atom stereocenters. The summed E-state index contributed by atoms with van der Waals surface area (Å²) in [5, 5.41) is 0. The number of ether oxygens (including phenoxy) is 1. The van der Waals surface area contributed by atoms with Gasteiger partial charge in [-0.05, 0) is 18.2 Å². The lowest BCUT2D eigenvalue weighted by molar-refractivity contribution is -0.0112. The van der Waals surface area contributed by atoms with Gasteiger partial charge in [0, 0.05) is 10.0 Å². The van der Waals surface area contributed by atoms with Gasteiger partial charge in [0.05, 0.1) is 18.0 Å². The molecule has 1 aromatic carbocycles. The van der Waals surface area contributed by atoms with E-state index in [4.69, 9.17) is 4.74 Å². The predicted octanol–water partition coefficient (Wildman–Crippen LogP) is 2.74. The normalized spacial score (nSPS) is 19.6. The van der Waals surface area contributed by atoms with Gasteiger partial charge >= 0.3 is 0 Å². The van der Waals surface area contributed by atoms with Crippen LogP contribution in [0.25, 0.3) is 0 Å². The van der Waals surface area contributed by atoms with Crippen LogP contribution in [0.5, 0.6) is 0 Å². The summed E-state index contributed by atoms with van der Waals surface area (Å²) in [4.78, 5) is 0. The Balaban J connectivity index is 2.43. The standard InChI is InChI=1S/C9H8BrFOS/c10-6-1-2-8(11)7(3-6)9(13)4-12-5-9/h1-3,13H,4-5H2. The molecule has 1 aliphatic heterocycles. The van der Waals surface area contributed by atoms with Crippen LogP contribution in [0.3, 0.4) is 0 Å². The smallest absolute Gasteiger partial charge is 0.128 e. The Bertz CT molecular complexity index is 338. The Morgan fingerprint density at radius 2 is 2.15 bits per heavy atom. The minimum Gasteiger partial charge on any atom is -0.378 e. The molecule has 0 saturated carbocycles. The summed E-state index contributed by atoms with van der Waals surface area (Å²) in [6.45, 7) is 0.951. The van der Waals surface area contributed by atoms with Crippen LogP contribution in [0, 0.1) is 5.82 Å². The van der Waals surface area contributed by atoms with Crippen molar-refractivity contribution in [3.8, 4) is 0 Å². The highest BCUT2D eigenvalue weighted by atomic mass is 79.9. The first-order chi connectivity index (χ1) is 6.12. The Morgan fingerprint density at radius 3 is 2.69 bits per heavy atom. The molecule has 1 nitrogen and oxygen atoms in total. The van der Waals surface area contributed by atoms with Crippen molar-refractivity contribution in [1.82, 2.24) is 0 Å². The van der Waals surface area contributed by atoms with Crippen LogP contribution in [0.1, 0.15) is 5.56 Å². The average Bonchev–Trinajstić information content (AvgIpc) is 2.05. The zero-order chi connectivity index (χ0) is 9.47. The van der Waals surface area contributed by atoms with Gasteiger partial charge in [0.25, 0.3) is 0 Å². The Morgan fingerprint density at radius 1 is 1.46 bits per heavy atom. The molecule has 0 aromatic heterocycles. The first-order valence-corrected chi connectivity index (χ1v) is 5.11. The molecule has 1 saturated heterocycles. The minimum absolute atomic E-state index is 0.221. The van der Waals surface area contributed by atoms with Crippen molar-refractivity contribution in [1.29, 1.82) is 0 Å². The third-order valence-corrected chi connectivity index (χ3v) is 3.10. The quantitative estimate of drug-likeness (QED) is 0.766. The number of rotatable bonds is 1. The topological polar surface area (TPSA) is 9.23 Å². The highest BCUT2D eigenvalue weighted by molar-refractivity contribution is 9.10. The van der Waals surface area contributed by atoms with E-state index in [0.717, 1.165) is 4.47 Å². The van der Waals surface area contributed by atoms with Crippen LogP contribution in [-0.4, -0.2) is 13.2 Å². The van der Waals surface area contributed by atoms with E-state index in [-0.39, 0.29) is 5.82 Å². The van der Waals surface area contributed by atoms with E-state index in [2.05, 4.69) is 28.6 Å². The zero-order valence-corrected chi connectivity index (χ0v) is 9.24. The number of hydrogen-bond acceptors (Lipinski definition) is 2. The first kappa shape index (κ1) is 9.49. The molecule has 13 heavy (non-hydrogen) atoms. The lowest BCUT2D eigenvalue weighted by Gasteiger charge is -2.37. The lowest BCUT2D eigenvalue weighted by atomic mass is 9.96. The van der Waals surface area contributed by atoms with Gasteiger partial charge in [0.1, 0.15) is 5.82 Å². The molecule has 0 bridgehead atoms. The third kappa shape index (κ3) is 1.63. The van der Waals surface area contributed by atoms with E-state index in [0.29, 0.717) is 18.8 Å². The van der Waals surface area contributed by atoms with Gasteiger partial charge < -0.3 is 4.74 Å². The van der Waals surface area contributed by atoms with Crippen molar-refractivity contribution in [3.05, 3.63) is 34.1 Å². The highest BCUT2D eigenvalue weighted by Gasteiger charge is 2.38. The molecular weight excluding hydrogens is 255 g/mol. The summed E-state index contributed by atoms with van der Waals surface area (Å²) in [5.74, 6) is -0.221. The van der Waals surface area contributed by atoms with Crippen molar-refractivity contribution in [3.63, 3.8) is 0 Å². The lowest BCUT2D eigenvalue weighted by Crippen LogP contribution is -2.42. The maximum atomic E-state index is 13.4. The van der Waals surface area contributed by atoms with E-state index >= 15 is 0 Å². The van der Waals surface area contributed by atoms with Crippen molar-refractivity contribution in [2.45, 2.75) is 4.75 Å². The average molecular weight is 263 g/mol. The van der Waals surface area contributed by atoms with Crippen LogP contribution >= 0.6 is 28.6 Å². The summed E-state index contributed by atoms with van der Waals surface area (Å²) in [7, 11) is 0. The van der Waals surface area contributed by atoms with Gasteiger partial charge in [-0.25, -0.2) is 4.39 Å². The maximum Gasteiger partial charge on any atom is 0.128 e. The molecule has 0 N–H and O–H groups in total. The predicted molar refractivity (Wildman–Crippen MR) is 55.6 cm³/mol. The molecule has 1 fully saturated rings. The van der Waals surface area contributed by atoms with Crippen LogP contribution in [0.15, 0.2) is 22.7 Å². The van der Waals surface area contributed by atoms with Gasteiger partial charge in [0.15, 0.2) is 0 Å². The highest BCUT2D eigenvalue weighted by Crippen LogP contribution is 2.38. The second kappa shape index (κ2) is 3.26. The fourth-order valence-electron chi connectivity index (χ4n) is 1.31.